The fourth-order valence-electron chi connectivity index (χ4n) is 10.3. The third kappa shape index (κ3) is 4.62. The lowest BCUT2D eigenvalue weighted by molar-refractivity contribution is 0.216. The summed E-state index contributed by atoms with van der Waals surface area (Å²) in [5, 5.41) is 3.75. The Bertz CT molecular complexity index is 815. The first kappa shape index (κ1) is 24.1. The molecular weight excluding hydrogens is 438 g/mol. The summed E-state index contributed by atoms with van der Waals surface area (Å²) in [5.74, 6) is 6.25. The highest BCUT2D eigenvalue weighted by Gasteiger charge is 2.46. The molecule has 8 fully saturated rings. The Morgan fingerprint density at radius 2 is 0.824 bits per heavy atom. The molecule has 0 nitrogen and oxygen atoms in total. The zero-order valence-corrected chi connectivity index (χ0v) is 25.3. The summed E-state index contributed by atoms with van der Waals surface area (Å²) < 4.78 is 0. The average molecular weight is 489 g/mol. The normalized spacial score (nSPS) is 40.3. The van der Waals surface area contributed by atoms with Crippen molar-refractivity contribution in [1.82, 2.24) is 0 Å². The molecule has 184 valence electrons. The average Bonchev–Trinajstić information content (AvgIpc) is 3.02. The van der Waals surface area contributed by atoms with Crippen LogP contribution in [0.4, 0.5) is 0 Å². The summed E-state index contributed by atoms with van der Waals surface area (Å²) in [5.41, 5.74) is 3.93. The van der Waals surface area contributed by atoms with Gasteiger partial charge in [-0.2, -0.15) is 0 Å². The molecule has 0 aromatic rings. The minimum atomic E-state index is -1.39. The van der Waals surface area contributed by atoms with Crippen molar-refractivity contribution in [2.24, 2.45) is 35.5 Å². The summed E-state index contributed by atoms with van der Waals surface area (Å²) in [6.07, 6.45) is 23.9. The lowest BCUT2D eigenvalue weighted by atomic mass is 9.34. The second-order valence-electron chi connectivity index (χ2n) is 16.1. The molecule has 0 N–H and O–H groups in total. The van der Waals surface area contributed by atoms with Crippen LogP contribution in [-0.4, -0.2) is 29.6 Å². The van der Waals surface area contributed by atoms with Crippen molar-refractivity contribution in [1.29, 1.82) is 0 Å². The van der Waals surface area contributed by atoms with Gasteiger partial charge in [-0.15, -0.1) is 10.9 Å². The van der Waals surface area contributed by atoms with Crippen molar-refractivity contribution >= 4 is 29.6 Å². The first-order chi connectivity index (χ1) is 16.0. The standard InChI is InChI=1S/C30H50B2Si2/c1-33(2,3)29(27-15-21-9-23-13-24(10-21)18-31(27)17-23)7-8-30(34(4,5)6)28-16-22-11-25-14-26(12-22)20-32(28)19-25/h7-8,21-26H,9-20H2,1-6H3/b8-7+,29-27-,30-28-. The van der Waals surface area contributed by atoms with Gasteiger partial charge in [-0.1, -0.05) is 87.1 Å². The van der Waals surface area contributed by atoms with Crippen molar-refractivity contribution in [3.63, 3.8) is 0 Å². The first-order valence-electron chi connectivity index (χ1n) is 15.2. The number of allylic oxidation sites excluding steroid dienone is 6. The highest BCUT2D eigenvalue weighted by molar-refractivity contribution is 6.87. The Kier molecular flexibility index (Phi) is 6.16. The van der Waals surface area contributed by atoms with Crippen LogP contribution >= 0.6 is 0 Å². The monoisotopic (exact) mass is 488 g/mol. The van der Waals surface area contributed by atoms with E-state index in [1.54, 1.807) is 38.5 Å². The van der Waals surface area contributed by atoms with Gasteiger partial charge in [0.2, 0.25) is 0 Å². The Labute approximate surface area is 214 Å². The summed E-state index contributed by atoms with van der Waals surface area (Å²) in [6, 6.07) is 0. The molecular formula is C30H50B2Si2. The van der Waals surface area contributed by atoms with E-state index in [9.17, 15) is 0 Å². The maximum Gasteiger partial charge on any atom is 0.170 e. The topological polar surface area (TPSA) is 0 Å². The van der Waals surface area contributed by atoms with Crippen molar-refractivity contribution < 1.29 is 0 Å². The van der Waals surface area contributed by atoms with Crippen molar-refractivity contribution in [3.8, 4) is 0 Å². The summed E-state index contributed by atoms with van der Waals surface area (Å²) in [7, 11) is -2.79. The van der Waals surface area contributed by atoms with Gasteiger partial charge in [0, 0.05) is 0 Å². The van der Waals surface area contributed by atoms with E-state index in [0.717, 1.165) is 48.9 Å². The molecule has 34 heavy (non-hydrogen) atoms. The first-order valence-corrected chi connectivity index (χ1v) is 22.2. The predicted molar refractivity (Wildman–Crippen MR) is 158 cm³/mol. The Morgan fingerprint density at radius 3 is 1.12 bits per heavy atom. The molecule has 0 spiro atoms. The van der Waals surface area contributed by atoms with Crippen LogP contribution in [0.15, 0.2) is 33.5 Å². The molecule has 6 aliphatic heterocycles. The quantitative estimate of drug-likeness (QED) is 0.347. The molecule has 8 rings (SSSR count). The van der Waals surface area contributed by atoms with Crippen molar-refractivity contribution in [3.05, 3.63) is 33.5 Å². The van der Waals surface area contributed by atoms with E-state index >= 15 is 0 Å². The van der Waals surface area contributed by atoms with Gasteiger partial charge in [0.25, 0.3) is 0 Å². The third-order valence-corrected chi connectivity index (χ3v) is 15.4. The molecule has 0 amide bonds. The van der Waals surface area contributed by atoms with Gasteiger partial charge < -0.3 is 0 Å². The molecule has 4 heteroatoms. The van der Waals surface area contributed by atoms with Crippen molar-refractivity contribution in [2.75, 3.05) is 0 Å². The van der Waals surface area contributed by atoms with E-state index < -0.39 is 16.1 Å². The van der Waals surface area contributed by atoms with Crippen LogP contribution in [0, 0.1) is 35.5 Å². The fraction of sp³-hybridized carbons (Fsp3) is 0.800. The Morgan fingerprint density at radius 1 is 0.529 bits per heavy atom. The molecule has 2 saturated carbocycles. The molecule has 2 aliphatic carbocycles. The van der Waals surface area contributed by atoms with Gasteiger partial charge >= 0.3 is 0 Å². The summed E-state index contributed by atoms with van der Waals surface area (Å²) in [6.45, 7) is 17.7. The van der Waals surface area contributed by atoms with Crippen LogP contribution < -0.4 is 0 Å². The van der Waals surface area contributed by atoms with Crippen LogP contribution in [0.25, 0.3) is 0 Å². The van der Waals surface area contributed by atoms with Crippen molar-refractivity contribution in [2.45, 2.75) is 116 Å². The Balaban J connectivity index is 1.41. The zero-order valence-electron chi connectivity index (χ0n) is 23.3. The van der Waals surface area contributed by atoms with E-state index in [1.165, 1.54) is 38.1 Å². The van der Waals surface area contributed by atoms with E-state index in [2.05, 4.69) is 51.4 Å². The Hall–Kier alpha value is -0.216. The molecule has 8 aliphatic rings. The number of hydrogen-bond donors (Lipinski definition) is 0. The summed E-state index contributed by atoms with van der Waals surface area (Å²) >= 11 is 0. The van der Waals surface area contributed by atoms with E-state index in [4.69, 9.17) is 0 Å². The number of fused-ring (bicyclic) bond motifs is 2. The highest BCUT2D eigenvalue weighted by Crippen LogP contribution is 2.53. The van der Waals surface area contributed by atoms with E-state index in [0.29, 0.717) is 0 Å². The molecule has 0 radical (unpaired) electrons. The minimum absolute atomic E-state index is 0.926. The molecule has 0 aromatic heterocycles. The second kappa shape index (κ2) is 8.68. The molecule has 0 aromatic carbocycles. The molecule has 4 unspecified atom stereocenters. The van der Waals surface area contributed by atoms with Gasteiger partial charge in [0.05, 0.1) is 16.1 Å². The number of hydrogen-bond acceptors (Lipinski definition) is 0. The lowest BCUT2D eigenvalue weighted by Crippen LogP contribution is -2.34. The van der Waals surface area contributed by atoms with Gasteiger partial charge in [-0.3, -0.25) is 0 Å². The lowest BCUT2D eigenvalue weighted by Gasteiger charge is -2.37. The van der Waals surface area contributed by atoms with E-state index in [1.807, 2.05) is 21.3 Å². The fourth-order valence-corrected chi connectivity index (χ4v) is 14.0. The summed E-state index contributed by atoms with van der Waals surface area (Å²) in [4.78, 5) is 0. The molecule has 8 bridgehead atoms. The molecule has 6 saturated heterocycles. The van der Waals surface area contributed by atoms with Crippen LogP contribution in [0.3, 0.4) is 0 Å². The smallest absolute Gasteiger partial charge is 0.101 e. The predicted octanol–water partition coefficient (Wildman–Crippen LogP) is 8.86. The third-order valence-electron chi connectivity index (χ3n) is 11.2. The zero-order chi connectivity index (χ0) is 23.8. The van der Waals surface area contributed by atoms with Crippen LogP contribution in [0.2, 0.25) is 64.6 Å². The second-order valence-corrected chi connectivity index (χ2v) is 26.1. The van der Waals surface area contributed by atoms with Gasteiger partial charge in [-0.25, -0.2) is 0 Å². The van der Waals surface area contributed by atoms with Gasteiger partial charge in [0.15, 0.2) is 13.4 Å². The van der Waals surface area contributed by atoms with Crippen LogP contribution in [0.1, 0.15) is 51.4 Å². The van der Waals surface area contributed by atoms with E-state index in [-0.39, 0.29) is 0 Å². The number of rotatable bonds is 4. The van der Waals surface area contributed by atoms with Crippen LogP contribution in [0.5, 0.6) is 0 Å². The largest absolute Gasteiger partial charge is 0.170 e. The minimum Gasteiger partial charge on any atom is -0.101 e. The van der Waals surface area contributed by atoms with Gasteiger partial charge in [-0.05, 0) is 86.9 Å². The highest BCUT2D eigenvalue weighted by atomic mass is 28.3. The van der Waals surface area contributed by atoms with Crippen LogP contribution in [-0.2, 0) is 0 Å². The maximum atomic E-state index is 2.77. The molecule has 4 atom stereocenters. The molecule has 6 heterocycles. The maximum absolute atomic E-state index is 2.77. The SMILES string of the molecule is C[Si](C)(C)C(/C=C/C(=C1\CC2CC3CB1CC(C3)C2)[Si](C)(C)C)=C1/CC2CC3CB1CC(C3)C2. The van der Waals surface area contributed by atoms with Gasteiger partial charge in [0.1, 0.15) is 0 Å².